The van der Waals surface area contributed by atoms with E-state index in [4.69, 9.17) is 0 Å². The summed E-state index contributed by atoms with van der Waals surface area (Å²) < 4.78 is 0. The molecular weight excluding hydrogens is 186 g/mol. The zero-order chi connectivity index (χ0) is 11.1. The molecule has 0 saturated heterocycles. The number of nitrogens with zero attached hydrogens (tertiary/aromatic N) is 1. The maximum atomic E-state index is 10.3. The number of rotatable bonds is 6. The van der Waals surface area contributed by atoms with Crippen molar-refractivity contribution in [3.8, 4) is 0 Å². The monoisotopic (exact) mass is 204 g/mol. The topological polar surface area (TPSA) is 20.3 Å². The summed E-state index contributed by atoms with van der Waals surface area (Å²) in [5.74, 6) is 0.561. The van der Waals surface area contributed by atoms with Gasteiger partial charge in [0.05, 0.1) is 0 Å². The van der Waals surface area contributed by atoms with Crippen LogP contribution in [0.15, 0.2) is 30.3 Å². The molecule has 0 spiro atoms. The minimum atomic E-state index is 0.561. The molecule has 0 aliphatic rings. The van der Waals surface area contributed by atoms with E-state index >= 15 is 0 Å². The Morgan fingerprint density at radius 3 is 2.60 bits per heavy atom. The van der Waals surface area contributed by atoms with Crippen LogP contribution < -0.4 is 0 Å². The highest BCUT2D eigenvalue weighted by atomic mass is 16.1. The molecule has 1 aromatic carbocycles. The van der Waals surface area contributed by atoms with Crippen LogP contribution in [-0.4, -0.2) is 24.9 Å². The molecule has 0 fully saturated rings. The van der Waals surface area contributed by atoms with E-state index in [0.29, 0.717) is 5.92 Å². The molecule has 2 nitrogen and oxygen atoms in total. The Balaban J connectivity index is 2.31. The lowest BCUT2D eigenvalue weighted by Crippen LogP contribution is -2.17. The van der Waals surface area contributed by atoms with Gasteiger partial charge in [0, 0.05) is 13.6 Å². The third-order valence-electron chi connectivity index (χ3n) is 2.66. The van der Waals surface area contributed by atoms with Crippen LogP contribution in [0.5, 0.6) is 0 Å². The minimum absolute atomic E-state index is 0.561. The Labute approximate surface area is 91.9 Å². The van der Waals surface area contributed by atoms with Gasteiger partial charge in [-0.15, -0.1) is 0 Å². The minimum Gasteiger partial charge on any atom is -0.338 e. The average Bonchev–Trinajstić information content (AvgIpc) is 2.29. The second-order valence-electron chi connectivity index (χ2n) is 3.97. The first-order chi connectivity index (χ1) is 7.24. The van der Waals surface area contributed by atoms with Gasteiger partial charge in [-0.25, -0.2) is 0 Å². The van der Waals surface area contributed by atoms with E-state index in [9.17, 15) is 4.79 Å². The first kappa shape index (κ1) is 11.8. The van der Waals surface area contributed by atoms with Crippen LogP contribution in [0, 0.1) is 0 Å². The van der Waals surface area contributed by atoms with Gasteiger partial charge in [-0.2, -0.15) is 0 Å². The predicted molar refractivity (Wildman–Crippen MR) is 62.4 cm³/mol. The Morgan fingerprint density at radius 1 is 1.33 bits per heavy atom. The second-order valence-corrected chi connectivity index (χ2v) is 3.97. The van der Waals surface area contributed by atoms with E-state index in [1.807, 2.05) is 12.5 Å². The third-order valence-corrected chi connectivity index (χ3v) is 2.66. The Hall–Kier alpha value is -1.31. The summed E-state index contributed by atoms with van der Waals surface area (Å²) in [5.41, 5.74) is 1.37. The zero-order valence-electron chi connectivity index (χ0n) is 9.44. The van der Waals surface area contributed by atoms with E-state index < -0.39 is 0 Å². The lowest BCUT2D eigenvalue weighted by molar-refractivity contribution is 0.417. The number of amides is 1. The second kappa shape index (κ2) is 6.23. The maximum absolute atomic E-state index is 10.3. The van der Waals surface area contributed by atoms with E-state index in [0.717, 1.165) is 19.4 Å². The first-order valence-corrected chi connectivity index (χ1v) is 5.38. The molecule has 2 heteroatoms. The van der Waals surface area contributed by atoms with Crippen LogP contribution in [0.3, 0.4) is 0 Å². The van der Waals surface area contributed by atoms with Crippen molar-refractivity contribution in [2.45, 2.75) is 25.7 Å². The Kier molecular flexibility index (Phi) is 4.88. The highest BCUT2D eigenvalue weighted by Crippen LogP contribution is 2.19. The smallest absolute Gasteiger partial charge is 0.311 e. The largest absolute Gasteiger partial charge is 0.338 e. The summed E-state index contributed by atoms with van der Waals surface area (Å²) >= 11 is 0. The molecule has 1 radical (unpaired) electrons. The van der Waals surface area contributed by atoms with Gasteiger partial charge < -0.3 is 4.90 Å². The molecule has 0 bridgehead atoms. The fourth-order valence-corrected chi connectivity index (χ4v) is 1.63. The predicted octanol–water partition coefficient (Wildman–Crippen LogP) is 2.57. The molecule has 0 heterocycles. The number of hydrogen-bond donors (Lipinski definition) is 0. The third kappa shape index (κ3) is 4.15. The average molecular weight is 204 g/mol. The van der Waals surface area contributed by atoms with Crippen molar-refractivity contribution >= 4 is 6.41 Å². The molecule has 0 aliphatic carbocycles. The van der Waals surface area contributed by atoms with Gasteiger partial charge in [-0.1, -0.05) is 37.3 Å². The number of carbonyl (C=O) groups excluding carboxylic acids is 1. The first-order valence-electron chi connectivity index (χ1n) is 5.38. The molecule has 1 unspecified atom stereocenters. The van der Waals surface area contributed by atoms with Gasteiger partial charge in [0.25, 0.3) is 0 Å². The molecule has 81 valence electrons. The van der Waals surface area contributed by atoms with E-state index in [2.05, 4.69) is 31.2 Å². The van der Waals surface area contributed by atoms with Gasteiger partial charge in [0.2, 0.25) is 0 Å². The van der Waals surface area contributed by atoms with Crippen molar-refractivity contribution in [3.05, 3.63) is 35.9 Å². The van der Waals surface area contributed by atoms with Crippen molar-refractivity contribution in [1.82, 2.24) is 4.90 Å². The van der Waals surface area contributed by atoms with Crippen molar-refractivity contribution in [1.29, 1.82) is 0 Å². The van der Waals surface area contributed by atoms with Crippen LogP contribution in [0.4, 0.5) is 0 Å². The van der Waals surface area contributed by atoms with Crippen LogP contribution in [-0.2, 0) is 4.79 Å². The highest BCUT2D eigenvalue weighted by Gasteiger charge is 2.04. The molecule has 1 aromatic rings. The lowest BCUT2D eigenvalue weighted by Gasteiger charge is -2.13. The molecule has 1 rings (SSSR count). The van der Waals surface area contributed by atoms with Crippen molar-refractivity contribution in [3.63, 3.8) is 0 Å². The standard InChI is InChI=1S/C13H18NO/c1-12(7-6-10-14(2)11-15)13-8-4-3-5-9-13/h3-5,8-9,12H,6-7,10H2,1-2H3. The van der Waals surface area contributed by atoms with Crippen molar-refractivity contribution in [2.24, 2.45) is 0 Å². The Bertz CT molecular complexity index is 284. The lowest BCUT2D eigenvalue weighted by atomic mass is 9.96. The van der Waals surface area contributed by atoms with Crippen molar-refractivity contribution < 1.29 is 4.79 Å². The summed E-state index contributed by atoms with van der Waals surface area (Å²) in [5, 5.41) is 0. The van der Waals surface area contributed by atoms with Gasteiger partial charge in [0.15, 0.2) is 0 Å². The molecule has 0 saturated carbocycles. The van der Waals surface area contributed by atoms with Gasteiger partial charge in [-0.3, -0.25) is 4.79 Å². The molecule has 0 aliphatic heterocycles. The van der Waals surface area contributed by atoms with Crippen molar-refractivity contribution in [2.75, 3.05) is 13.6 Å². The molecule has 1 amide bonds. The van der Waals surface area contributed by atoms with Gasteiger partial charge >= 0.3 is 6.41 Å². The maximum Gasteiger partial charge on any atom is 0.311 e. The fourth-order valence-electron chi connectivity index (χ4n) is 1.63. The summed E-state index contributed by atoms with van der Waals surface area (Å²) in [6.45, 7) is 3.01. The Morgan fingerprint density at radius 2 is 2.00 bits per heavy atom. The molecular formula is C13H18NO. The van der Waals surface area contributed by atoms with E-state index in [1.54, 1.807) is 11.9 Å². The molecule has 1 atom stereocenters. The molecule has 0 N–H and O–H groups in total. The normalized spacial score (nSPS) is 12.1. The van der Waals surface area contributed by atoms with Crippen LogP contribution in [0.1, 0.15) is 31.2 Å². The summed E-state index contributed by atoms with van der Waals surface area (Å²) in [6.07, 6.45) is 4.00. The molecule has 0 aromatic heterocycles. The summed E-state index contributed by atoms with van der Waals surface area (Å²) in [4.78, 5) is 11.8. The highest BCUT2D eigenvalue weighted by molar-refractivity contribution is 5.47. The fraction of sp³-hybridized carbons (Fsp3) is 0.462. The van der Waals surface area contributed by atoms with Gasteiger partial charge in [-0.05, 0) is 24.3 Å². The number of benzene rings is 1. The molecule has 15 heavy (non-hydrogen) atoms. The zero-order valence-corrected chi connectivity index (χ0v) is 9.44. The quantitative estimate of drug-likeness (QED) is 0.652. The summed E-state index contributed by atoms with van der Waals surface area (Å²) in [7, 11) is 1.76. The summed E-state index contributed by atoms with van der Waals surface area (Å²) in [6, 6.07) is 10.5. The van der Waals surface area contributed by atoms with Crippen LogP contribution in [0.2, 0.25) is 0 Å². The van der Waals surface area contributed by atoms with Crippen LogP contribution in [0.25, 0.3) is 0 Å². The number of hydrogen-bond acceptors (Lipinski definition) is 1. The van der Waals surface area contributed by atoms with Crippen LogP contribution >= 0.6 is 0 Å². The van der Waals surface area contributed by atoms with E-state index in [1.165, 1.54) is 5.56 Å². The van der Waals surface area contributed by atoms with Gasteiger partial charge in [0.1, 0.15) is 0 Å². The SMILES string of the molecule is CC(CCCN(C)[C]=O)c1ccccc1. The van der Waals surface area contributed by atoms with E-state index in [-0.39, 0.29) is 0 Å².